The first-order valence-electron chi connectivity index (χ1n) is 6.68. The Balaban J connectivity index is 0. The van der Waals surface area contributed by atoms with E-state index >= 15 is 0 Å². The van der Waals surface area contributed by atoms with E-state index in [1.54, 1.807) is 0 Å². The van der Waals surface area contributed by atoms with Crippen LogP contribution in [0.25, 0.3) is 11.3 Å². The molecule has 1 aromatic carbocycles. The molecule has 0 amide bonds. The standard InChI is InChI=1S/C13H12N.2C2H6.Y/c1-10-6-3-4-8-12(10)13-11(2)7-5-9-14-13;2*1-2;/h3-7,9H,1-2H3;2*1-2H3;/q-1;;;. The summed E-state index contributed by atoms with van der Waals surface area (Å²) in [6.45, 7) is 12.2. The zero-order valence-electron chi connectivity index (χ0n) is 13.0. The van der Waals surface area contributed by atoms with Crippen molar-refractivity contribution < 1.29 is 32.7 Å². The Morgan fingerprint density at radius 2 is 1.47 bits per heavy atom. The minimum absolute atomic E-state index is 0. The van der Waals surface area contributed by atoms with Gasteiger partial charge in [-0.3, -0.25) is 0 Å². The fourth-order valence-corrected chi connectivity index (χ4v) is 1.52. The largest absolute Gasteiger partial charge is 0.304 e. The number of aryl methyl sites for hydroxylation is 2. The van der Waals surface area contributed by atoms with Crippen molar-refractivity contribution in [1.82, 2.24) is 4.98 Å². The third-order valence-electron chi connectivity index (χ3n) is 2.31. The predicted molar refractivity (Wildman–Crippen MR) is 80.7 cm³/mol. The van der Waals surface area contributed by atoms with Gasteiger partial charge in [0.2, 0.25) is 0 Å². The summed E-state index contributed by atoms with van der Waals surface area (Å²) in [6.07, 6.45) is 1.82. The number of hydrogen-bond donors (Lipinski definition) is 0. The van der Waals surface area contributed by atoms with Gasteiger partial charge in [0.1, 0.15) is 0 Å². The number of aromatic nitrogens is 1. The number of nitrogens with zero attached hydrogens (tertiary/aromatic N) is 1. The monoisotopic (exact) mass is 331 g/mol. The quantitative estimate of drug-likeness (QED) is 0.653. The average molecular weight is 331 g/mol. The Hall–Kier alpha value is -0.526. The second kappa shape index (κ2) is 12.5. The van der Waals surface area contributed by atoms with E-state index in [9.17, 15) is 0 Å². The summed E-state index contributed by atoms with van der Waals surface area (Å²) in [7, 11) is 0. The van der Waals surface area contributed by atoms with Crippen molar-refractivity contribution in [1.29, 1.82) is 0 Å². The molecule has 0 unspecified atom stereocenters. The third-order valence-corrected chi connectivity index (χ3v) is 2.31. The van der Waals surface area contributed by atoms with Crippen LogP contribution < -0.4 is 0 Å². The third kappa shape index (κ3) is 6.45. The van der Waals surface area contributed by atoms with Crippen LogP contribution in [0.5, 0.6) is 0 Å². The molecule has 2 rings (SSSR count). The summed E-state index contributed by atoms with van der Waals surface area (Å²) in [5.41, 5.74) is 4.54. The van der Waals surface area contributed by atoms with Gasteiger partial charge in [0.25, 0.3) is 0 Å². The van der Waals surface area contributed by atoms with E-state index in [0.717, 1.165) is 11.3 Å². The van der Waals surface area contributed by atoms with E-state index in [0.29, 0.717) is 0 Å². The molecule has 1 heterocycles. The number of rotatable bonds is 1. The van der Waals surface area contributed by atoms with Crippen LogP contribution in [0.2, 0.25) is 0 Å². The number of pyridine rings is 1. The maximum Gasteiger partial charge on any atom is 0.0160 e. The second-order valence-electron chi connectivity index (χ2n) is 3.40. The van der Waals surface area contributed by atoms with E-state index in [1.807, 2.05) is 52.1 Å². The van der Waals surface area contributed by atoms with Gasteiger partial charge >= 0.3 is 0 Å². The number of benzene rings is 1. The molecule has 0 aliphatic heterocycles. The van der Waals surface area contributed by atoms with Crippen LogP contribution >= 0.6 is 0 Å². The first kappa shape index (κ1) is 20.8. The zero-order chi connectivity index (χ0) is 14.0. The molecule has 1 aromatic heterocycles. The Labute approximate surface area is 143 Å². The van der Waals surface area contributed by atoms with Gasteiger partial charge in [-0.1, -0.05) is 46.2 Å². The van der Waals surface area contributed by atoms with Gasteiger partial charge in [-0.2, -0.15) is 0 Å². The maximum absolute atomic E-state index is 4.38. The van der Waals surface area contributed by atoms with Crippen LogP contribution in [0.15, 0.2) is 36.5 Å². The van der Waals surface area contributed by atoms with Crippen molar-refractivity contribution >= 4 is 0 Å². The molecule has 2 heteroatoms. The van der Waals surface area contributed by atoms with Crippen LogP contribution in [-0.4, -0.2) is 4.98 Å². The first-order valence-corrected chi connectivity index (χ1v) is 6.68. The molecule has 0 N–H and O–H groups in total. The minimum Gasteiger partial charge on any atom is -0.304 e. The van der Waals surface area contributed by atoms with Gasteiger partial charge in [-0.15, -0.1) is 35.4 Å². The first-order chi connectivity index (χ1) is 8.79. The minimum atomic E-state index is 0. The molecule has 0 aliphatic rings. The van der Waals surface area contributed by atoms with Crippen LogP contribution in [0.1, 0.15) is 38.8 Å². The maximum atomic E-state index is 4.38. The van der Waals surface area contributed by atoms with E-state index in [4.69, 9.17) is 0 Å². The van der Waals surface area contributed by atoms with Crippen molar-refractivity contribution in [3.63, 3.8) is 0 Å². The Morgan fingerprint density at radius 3 is 2.00 bits per heavy atom. The summed E-state index contributed by atoms with van der Waals surface area (Å²) in [5, 5.41) is 0. The molecule has 0 aliphatic carbocycles. The summed E-state index contributed by atoms with van der Waals surface area (Å²) >= 11 is 0. The fraction of sp³-hybridized carbons (Fsp3) is 0.353. The van der Waals surface area contributed by atoms with E-state index in [-0.39, 0.29) is 32.7 Å². The Bertz CT molecular complexity index is 409. The molecule has 0 atom stereocenters. The van der Waals surface area contributed by atoms with Crippen molar-refractivity contribution in [3.8, 4) is 11.3 Å². The summed E-state index contributed by atoms with van der Waals surface area (Å²) in [6, 6.07) is 13.3. The van der Waals surface area contributed by atoms with Gasteiger partial charge < -0.3 is 4.98 Å². The summed E-state index contributed by atoms with van der Waals surface area (Å²) < 4.78 is 0. The predicted octanol–water partition coefficient (Wildman–Crippen LogP) is 5.22. The van der Waals surface area contributed by atoms with Gasteiger partial charge in [0.05, 0.1) is 0 Å². The van der Waals surface area contributed by atoms with Crippen LogP contribution in [0.4, 0.5) is 0 Å². The molecular formula is C17H24NY-. The van der Waals surface area contributed by atoms with Crippen LogP contribution in [0, 0.1) is 19.9 Å². The van der Waals surface area contributed by atoms with Gasteiger partial charge in [0, 0.05) is 38.9 Å². The van der Waals surface area contributed by atoms with Crippen molar-refractivity contribution in [2.45, 2.75) is 41.5 Å². The Morgan fingerprint density at radius 1 is 0.895 bits per heavy atom. The molecule has 1 nitrogen and oxygen atoms in total. The van der Waals surface area contributed by atoms with Crippen molar-refractivity contribution in [2.75, 3.05) is 0 Å². The topological polar surface area (TPSA) is 12.9 Å². The summed E-state index contributed by atoms with van der Waals surface area (Å²) in [5.74, 6) is 0. The SMILES string of the molecule is CC.CC.Cc1ccc[c-]c1-c1ncccc1C.[Y]. The van der Waals surface area contributed by atoms with E-state index in [1.165, 1.54) is 11.1 Å². The second-order valence-corrected chi connectivity index (χ2v) is 3.40. The molecule has 0 fully saturated rings. The average Bonchev–Trinajstić information content (AvgIpc) is 2.45. The van der Waals surface area contributed by atoms with Crippen molar-refractivity contribution in [2.24, 2.45) is 0 Å². The van der Waals surface area contributed by atoms with Crippen LogP contribution in [-0.2, 0) is 32.7 Å². The van der Waals surface area contributed by atoms with Gasteiger partial charge in [0.15, 0.2) is 0 Å². The zero-order valence-corrected chi connectivity index (χ0v) is 15.8. The Kier molecular flexibility index (Phi) is 13.7. The molecule has 0 saturated carbocycles. The van der Waals surface area contributed by atoms with Gasteiger partial charge in [-0.05, 0) is 18.7 Å². The smallest absolute Gasteiger partial charge is 0.0160 e. The molecule has 101 valence electrons. The van der Waals surface area contributed by atoms with E-state index in [2.05, 4.69) is 37.0 Å². The van der Waals surface area contributed by atoms with Crippen LogP contribution in [0.3, 0.4) is 0 Å². The molecule has 0 bridgehead atoms. The summed E-state index contributed by atoms with van der Waals surface area (Å²) in [4.78, 5) is 4.38. The molecule has 2 aromatic rings. The normalized spacial score (nSPS) is 8.11. The van der Waals surface area contributed by atoms with E-state index < -0.39 is 0 Å². The molecule has 1 radical (unpaired) electrons. The molecule has 0 spiro atoms. The molecule has 0 saturated heterocycles. The van der Waals surface area contributed by atoms with Crippen molar-refractivity contribution in [3.05, 3.63) is 53.7 Å². The number of hydrogen-bond acceptors (Lipinski definition) is 1. The fourth-order valence-electron chi connectivity index (χ4n) is 1.52. The molecule has 19 heavy (non-hydrogen) atoms. The molecular weight excluding hydrogens is 307 g/mol. The van der Waals surface area contributed by atoms with Gasteiger partial charge in [-0.25, -0.2) is 0 Å².